The summed E-state index contributed by atoms with van der Waals surface area (Å²) < 4.78 is 36.0. The van der Waals surface area contributed by atoms with E-state index in [1.54, 1.807) is 36.4 Å². The van der Waals surface area contributed by atoms with Gasteiger partial charge in [-0.25, -0.2) is 0 Å². The van der Waals surface area contributed by atoms with Crippen molar-refractivity contribution in [2.45, 2.75) is 11.8 Å². The molecule has 0 atom stereocenters. The van der Waals surface area contributed by atoms with Crippen LogP contribution in [0.1, 0.15) is 11.1 Å². The van der Waals surface area contributed by atoms with Gasteiger partial charge in [-0.3, -0.25) is 14.5 Å². The molecule has 12 heteroatoms. The number of hydrogen-bond acceptors (Lipinski definition) is 7. The Balaban J connectivity index is 1.47. The third kappa shape index (κ3) is 6.42. The molecule has 0 aliphatic carbocycles. The van der Waals surface area contributed by atoms with Crippen molar-refractivity contribution in [3.05, 3.63) is 91.8 Å². The Labute approximate surface area is 233 Å². The quantitative estimate of drug-likeness (QED) is 0.207. The number of ether oxygens (including phenoxy) is 1. The molecule has 4 rings (SSSR count). The molecule has 1 aliphatic rings. The second-order valence-corrected chi connectivity index (χ2v) is 11.5. The van der Waals surface area contributed by atoms with Gasteiger partial charge in [-0.15, -0.1) is 0 Å². The summed E-state index contributed by atoms with van der Waals surface area (Å²) in [5, 5.41) is -0.201. The molecular formula is C25H18Cl3NO6S2. The molecule has 7 nitrogen and oxygen atoms in total. The number of amides is 2. The molecule has 0 N–H and O–H groups in total. The number of para-hydroxylation sites is 1. The van der Waals surface area contributed by atoms with Crippen LogP contribution < -0.4 is 8.92 Å². The van der Waals surface area contributed by atoms with Gasteiger partial charge in [-0.1, -0.05) is 64.6 Å². The van der Waals surface area contributed by atoms with Gasteiger partial charge >= 0.3 is 10.1 Å². The van der Waals surface area contributed by atoms with Gasteiger partial charge in [0.1, 0.15) is 17.3 Å². The maximum Gasteiger partial charge on any atom is 0.339 e. The van der Waals surface area contributed by atoms with E-state index < -0.39 is 21.3 Å². The zero-order chi connectivity index (χ0) is 26.7. The van der Waals surface area contributed by atoms with Crippen molar-refractivity contribution < 1.29 is 26.9 Å². The van der Waals surface area contributed by atoms with Gasteiger partial charge in [0.2, 0.25) is 0 Å². The van der Waals surface area contributed by atoms with E-state index in [2.05, 4.69) is 0 Å². The lowest BCUT2D eigenvalue weighted by Crippen LogP contribution is -2.32. The molecule has 0 aromatic heterocycles. The van der Waals surface area contributed by atoms with Gasteiger partial charge < -0.3 is 8.92 Å². The minimum atomic E-state index is -4.18. The second-order valence-electron chi connectivity index (χ2n) is 7.78. The zero-order valence-electron chi connectivity index (χ0n) is 19.1. The largest absolute Gasteiger partial charge is 0.490 e. The van der Waals surface area contributed by atoms with Crippen LogP contribution in [0, 0.1) is 6.92 Å². The van der Waals surface area contributed by atoms with E-state index in [4.69, 9.17) is 43.7 Å². The lowest BCUT2D eigenvalue weighted by molar-refractivity contribution is -0.123. The minimum Gasteiger partial charge on any atom is -0.490 e. The Hall–Kier alpha value is -2.69. The smallest absolute Gasteiger partial charge is 0.339 e. The van der Waals surface area contributed by atoms with E-state index in [1.807, 2.05) is 6.92 Å². The number of imide groups is 1. The predicted molar refractivity (Wildman–Crippen MR) is 145 cm³/mol. The highest BCUT2D eigenvalue weighted by atomic mass is 35.5. The number of aryl methyl sites for hydroxylation is 1. The fourth-order valence-electron chi connectivity index (χ4n) is 3.26. The van der Waals surface area contributed by atoms with Crippen molar-refractivity contribution in [3.8, 4) is 11.5 Å². The van der Waals surface area contributed by atoms with E-state index in [0.29, 0.717) is 16.3 Å². The van der Waals surface area contributed by atoms with Crippen molar-refractivity contribution in [1.82, 2.24) is 4.90 Å². The lowest BCUT2D eigenvalue weighted by Gasteiger charge is -2.13. The number of thioether (sulfide) groups is 1. The molecule has 0 saturated carbocycles. The first-order chi connectivity index (χ1) is 17.5. The molecule has 1 aliphatic heterocycles. The van der Waals surface area contributed by atoms with Crippen molar-refractivity contribution in [2.24, 2.45) is 0 Å². The summed E-state index contributed by atoms with van der Waals surface area (Å²) in [5.41, 5.74) is 1.27. The van der Waals surface area contributed by atoms with Crippen molar-refractivity contribution in [1.29, 1.82) is 0 Å². The van der Waals surface area contributed by atoms with Gasteiger partial charge in [-0.05, 0) is 66.7 Å². The topological polar surface area (TPSA) is 90.0 Å². The van der Waals surface area contributed by atoms with E-state index in [-0.39, 0.29) is 38.7 Å². The maximum absolute atomic E-state index is 12.8. The van der Waals surface area contributed by atoms with E-state index >= 15 is 0 Å². The highest BCUT2D eigenvalue weighted by Crippen LogP contribution is 2.38. The fourth-order valence-corrected chi connectivity index (χ4v) is 5.95. The summed E-state index contributed by atoms with van der Waals surface area (Å²) in [6.45, 7) is 1.92. The Morgan fingerprint density at radius 3 is 2.24 bits per heavy atom. The highest BCUT2D eigenvalue weighted by Gasteiger charge is 2.35. The average Bonchev–Trinajstić information content (AvgIpc) is 3.10. The van der Waals surface area contributed by atoms with Crippen LogP contribution in [0.2, 0.25) is 15.1 Å². The number of carbonyl (C=O) groups is 2. The molecule has 0 bridgehead atoms. The van der Waals surface area contributed by atoms with Gasteiger partial charge in [0.25, 0.3) is 11.1 Å². The average molecular weight is 599 g/mol. The molecule has 1 fully saturated rings. The molecular weight excluding hydrogens is 581 g/mol. The van der Waals surface area contributed by atoms with Crippen LogP contribution in [0.5, 0.6) is 11.5 Å². The van der Waals surface area contributed by atoms with Gasteiger partial charge in [0.05, 0.1) is 26.5 Å². The van der Waals surface area contributed by atoms with Gasteiger partial charge in [0, 0.05) is 0 Å². The number of nitrogens with zero attached hydrogens (tertiary/aromatic N) is 1. The van der Waals surface area contributed by atoms with Crippen molar-refractivity contribution in [2.75, 3.05) is 13.2 Å². The van der Waals surface area contributed by atoms with Crippen LogP contribution in [-0.4, -0.2) is 37.6 Å². The summed E-state index contributed by atoms with van der Waals surface area (Å²) in [7, 11) is -4.18. The van der Waals surface area contributed by atoms with Gasteiger partial charge in [-0.2, -0.15) is 8.42 Å². The number of hydrogen-bond donors (Lipinski definition) is 0. The van der Waals surface area contributed by atoms with Crippen LogP contribution in [0.4, 0.5) is 4.79 Å². The molecule has 0 spiro atoms. The van der Waals surface area contributed by atoms with E-state index in [0.717, 1.165) is 22.2 Å². The SMILES string of the molecule is Cc1ccc(S(=O)(=O)Oc2c(Cl)cc(/C=C3\SC(=O)N(CCOc4ccccc4Cl)C3=O)cc2Cl)cc1. The van der Waals surface area contributed by atoms with E-state index in [1.165, 1.54) is 30.3 Å². The van der Waals surface area contributed by atoms with Crippen molar-refractivity contribution in [3.63, 3.8) is 0 Å². The first kappa shape index (κ1) is 27.3. The minimum absolute atomic E-state index is 0.0262. The summed E-state index contributed by atoms with van der Waals surface area (Å²) >= 11 is 19.3. The molecule has 37 heavy (non-hydrogen) atoms. The Morgan fingerprint density at radius 2 is 1.59 bits per heavy atom. The van der Waals surface area contributed by atoms with Crippen LogP contribution in [0.25, 0.3) is 6.08 Å². The van der Waals surface area contributed by atoms with Crippen LogP contribution >= 0.6 is 46.6 Å². The van der Waals surface area contributed by atoms with Crippen molar-refractivity contribution >= 4 is 73.9 Å². The first-order valence-electron chi connectivity index (χ1n) is 10.7. The van der Waals surface area contributed by atoms with Crippen LogP contribution in [-0.2, 0) is 14.9 Å². The second kappa shape index (κ2) is 11.4. The number of carbonyl (C=O) groups excluding carboxylic acids is 2. The number of halogens is 3. The number of benzene rings is 3. The monoisotopic (exact) mass is 597 g/mol. The highest BCUT2D eigenvalue weighted by molar-refractivity contribution is 8.18. The standard InChI is InChI=1S/C25H18Cl3NO6S2/c1-15-6-8-17(9-7-15)37(32,33)35-23-19(27)12-16(13-20(23)28)14-22-24(30)29(25(31)36-22)10-11-34-21-5-3-2-4-18(21)26/h2-9,12-14H,10-11H2,1H3/b22-14-. The maximum atomic E-state index is 12.8. The molecule has 0 radical (unpaired) electrons. The van der Waals surface area contributed by atoms with E-state index in [9.17, 15) is 18.0 Å². The molecule has 0 unspecified atom stereocenters. The molecule has 3 aromatic carbocycles. The van der Waals surface area contributed by atoms with Gasteiger partial charge in [0.15, 0.2) is 5.75 Å². The molecule has 3 aromatic rings. The lowest BCUT2D eigenvalue weighted by atomic mass is 10.2. The molecule has 1 heterocycles. The molecule has 192 valence electrons. The number of rotatable bonds is 8. The third-order valence-corrected chi connectivity index (χ3v) is 8.12. The third-order valence-electron chi connectivity index (χ3n) is 5.10. The fraction of sp³-hybridized carbons (Fsp3) is 0.120. The molecule has 2 amide bonds. The first-order valence-corrected chi connectivity index (χ1v) is 14.0. The van der Waals surface area contributed by atoms with Crippen LogP contribution in [0.15, 0.2) is 70.5 Å². The van der Waals surface area contributed by atoms with Crippen LogP contribution in [0.3, 0.4) is 0 Å². The summed E-state index contributed by atoms with van der Waals surface area (Å²) in [6, 6.07) is 15.8. The Morgan fingerprint density at radius 1 is 0.946 bits per heavy atom. The normalized spacial score (nSPS) is 14.9. The summed E-state index contributed by atoms with van der Waals surface area (Å²) in [6.07, 6.45) is 1.44. The Bertz CT molecular complexity index is 1480. The Kier molecular flexibility index (Phi) is 8.40. The summed E-state index contributed by atoms with van der Waals surface area (Å²) in [4.78, 5) is 26.4. The zero-order valence-corrected chi connectivity index (χ0v) is 23.0. The molecule has 1 saturated heterocycles. The summed E-state index contributed by atoms with van der Waals surface area (Å²) in [5.74, 6) is -0.305. The predicted octanol–water partition coefficient (Wildman–Crippen LogP) is 6.84.